The van der Waals surface area contributed by atoms with Crippen molar-refractivity contribution in [2.24, 2.45) is 0 Å². The molecule has 5 nitrogen and oxygen atoms in total. The van der Waals surface area contributed by atoms with Crippen LogP contribution >= 0.6 is 0 Å². The van der Waals surface area contributed by atoms with Gasteiger partial charge in [-0.1, -0.05) is 6.08 Å². The Balaban J connectivity index is 2.80. The normalized spacial score (nSPS) is 11.6. The Hall–Kier alpha value is -2.51. The van der Waals surface area contributed by atoms with E-state index in [4.69, 9.17) is 5.11 Å². The summed E-state index contributed by atoms with van der Waals surface area (Å²) >= 11 is 0. The Bertz CT molecular complexity index is 549. The Kier molecular flexibility index (Phi) is 5.13. The van der Waals surface area contributed by atoms with E-state index in [1.54, 1.807) is 0 Å². The minimum absolute atomic E-state index is 0.0667. The highest BCUT2D eigenvalue weighted by molar-refractivity contribution is 5.92. The van der Waals surface area contributed by atoms with Gasteiger partial charge in [0.1, 0.15) is 11.9 Å². The van der Waals surface area contributed by atoms with Gasteiger partial charge in [0.2, 0.25) is 0 Å². The van der Waals surface area contributed by atoms with Crippen molar-refractivity contribution in [1.29, 1.82) is 0 Å². The van der Waals surface area contributed by atoms with Gasteiger partial charge in [0.15, 0.2) is 11.6 Å². The highest BCUT2D eigenvalue weighted by Gasteiger charge is 2.20. The molecule has 108 valence electrons. The summed E-state index contributed by atoms with van der Waals surface area (Å²) in [6.45, 7) is 3.32. The third kappa shape index (κ3) is 4.01. The maximum atomic E-state index is 13.3. The third-order valence-electron chi connectivity index (χ3n) is 2.25. The van der Waals surface area contributed by atoms with Crippen LogP contribution in [0, 0.1) is 17.5 Å². The van der Waals surface area contributed by atoms with E-state index in [-0.39, 0.29) is 6.42 Å². The molecule has 1 unspecified atom stereocenters. The van der Waals surface area contributed by atoms with E-state index < -0.39 is 41.2 Å². The first-order valence-corrected chi connectivity index (χ1v) is 5.41. The van der Waals surface area contributed by atoms with Gasteiger partial charge in [-0.05, 0) is 6.42 Å². The molecule has 0 aliphatic carbocycles. The van der Waals surface area contributed by atoms with Crippen LogP contribution < -0.4 is 10.6 Å². The molecule has 1 atom stereocenters. The third-order valence-corrected chi connectivity index (χ3v) is 2.25. The SMILES string of the molecule is C=CCC(NC(=O)Nc1cc(F)cc(F)c1F)C(=O)O. The largest absolute Gasteiger partial charge is 0.480 e. The van der Waals surface area contributed by atoms with Crippen LogP contribution in [-0.4, -0.2) is 23.1 Å². The molecule has 3 N–H and O–H groups in total. The summed E-state index contributed by atoms with van der Waals surface area (Å²) < 4.78 is 39.1. The zero-order valence-corrected chi connectivity index (χ0v) is 10.1. The molecule has 0 aliphatic heterocycles. The fourth-order valence-corrected chi connectivity index (χ4v) is 1.35. The molecule has 1 aromatic rings. The maximum Gasteiger partial charge on any atom is 0.326 e. The first kappa shape index (κ1) is 15.5. The summed E-state index contributed by atoms with van der Waals surface area (Å²) in [4.78, 5) is 22.2. The average Bonchev–Trinajstić information content (AvgIpc) is 2.34. The number of amides is 2. The predicted octanol–water partition coefficient (Wildman–Crippen LogP) is 2.25. The van der Waals surface area contributed by atoms with E-state index in [1.165, 1.54) is 6.08 Å². The quantitative estimate of drug-likeness (QED) is 0.574. The summed E-state index contributed by atoms with van der Waals surface area (Å²) in [5.74, 6) is -5.33. The van der Waals surface area contributed by atoms with Crippen LogP contribution in [0.15, 0.2) is 24.8 Å². The molecule has 0 bridgehead atoms. The van der Waals surface area contributed by atoms with Crippen LogP contribution in [0.2, 0.25) is 0 Å². The number of carboxylic acid groups (broad SMARTS) is 1. The van der Waals surface area contributed by atoms with Crippen LogP contribution in [0.25, 0.3) is 0 Å². The summed E-state index contributed by atoms with van der Waals surface area (Å²) in [7, 11) is 0. The Morgan fingerprint density at radius 3 is 2.55 bits per heavy atom. The molecular weight excluding hydrogens is 277 g/mol. The fourth-order valence-electron chi connectivity index (χ4n) is 1.35. The number of nitrogens with one attached hydrogen (secondary N) is 2. The van der Waals surface area contributed by atoms with Crippen molar-refractivity contribution in [3.63, 3.8) is 0 Å². The van der Waals surface area contributed by atoms with E-state index in [0.717, 1.165) is 0 Å². The van der Waals surface area contributed by atoms with Crippen molar-refractivity contribution in [3.8, 4) is 0 Å². The number of aliphatic carboxylic acids is 1. The first-order chi connectivity index (χ1) is 9.35. The van der Waals surface area contributed by atoms with Gasteiger partial charge in [0.25, 0.3) is 0 Å². The minimum Gasteiger partial charge on any atom is -0.480 e. The Labute approximate surface area is 112 Å². The van der Waals surface area contributed by atoms with Crippen molar-refractivity contribution < 1.29 is 27.9 Å². The van der Waals surface area contributed by atoms with Gasteiger partial charge in [-0.15, -0.1) is 6.58 Å². The zero-order valence-electron chi connectivity index (χ0n) is 10.1. The van der Waals surface area contributed by atoms with Gasteiger partial charge in [0, 0.05) is 12.1 Å². The van der Waals surface area contributed by atoms with E-state index in [9.17, 15) is 22.8 Å². The lowest BCUT2D eigenvalue weighted by Crippen LogP contribution is -2.42. The lowest BCUT2D eigenvalue weighted by molar-refractivity contribution is -0.139. The lowest BCUT2D eigenvalue weighted by atomic mass is 10.2. The number of halogens is 3. The van der Waals surface area contributed by atoms with E-state index in [0.29, 0.717) is 12.1 Å². The van der Waals surface area contributed by atoms with Crippen LogP contribution in [0.5, 0.6) is 0 Å². The number of urea groups is 1. The molecular formula is C12H11F3N2O3. The van der Waals surface area contributed by atoms with Crippen molar-refractivity contribution >= 4 is 17.7 Å². The summed E-state index contributed by atoms with van der Waals surface area (Å²) in [6, 6.07) is -1.51. The van der Waals surface area contributed by atoms with Gasteiger partial charge in [-0.3, -0.25) is 0 Å². The Morgan fingerprint density at radius 2 is 2.00 bits per heavy atom. The molecule has 8 heteroatoms. The molecule has 0 aromatic heterocycles. The smallest absolute Gasteiger partial charge is 0.326 e. The number of carbonyl (C=O) groups excluding carboxylic acids is 1. The second-order valence-electron chi connectivity index (χ2n) is 3.76. The monoisotopic (exact) mass is 288 g/mol. The molecule has 2 amide bonds. The molecule has 0 saturated heterocycles. The van der Waals surface area contributed by atoms with E-state index in [1.807, 2.05) is 10.6 Å². The topological polar surface area (TPSA) is 78.4 Å². The standard InChI is InChI=1S/C12H11F3N2O3/c1-2-3-8(11(18)19)16-12(20)17-9-5-6(13)4-7(14)10(9)15/h2,4-5,8H,1,3H2,(H,18,19)(H2,16,17,20). The molecule has 0 aliphatic rings. The summed E-state index contributed by atoms with van der Waals surface area (Å²) in [6.07, 6.45) is 1.20. The van der Waals surface area contributed by atoms with Crippen molar-refractivity contribution in [2.45, 2.75) is 12.5 Å². The van der Waals surface area contributed by atoms with Gasteiger partial charge in [-0.25, -0.2) is 22.8 Å². The lowest BCUT2D eigenvalue weighted by Gasteiger charge is -2.14. The summed E-state index contributed by atoms with van der Waals surface area (Å²) in [5, 5.41) is 12.6. The van der Waals surface area contributed by atoms with Crippen LogP contribution in [-0.2, 0) is 4.79 Å². The molecule has 0 fully saturated rings. The number of benzene rings is 1. The Morgan fingerprint density at radius 1 is 1.35 bits per heavy atom. The molecule has 0 radical (unpaired) electrons. The van der Waals surface area contributed by atoms with Gasteiger partial charge in [-0.2, -0.15) is 0 Å². The zero-order chi connectivity index (χ0) is 15.3. The van der Waals surface area contributed by atoms with Crippen LogP contribution in [0.1, 0.15) is 6.42 Å². The first-order valence-electron chi connectivity index (χ1n) is 5.41. The number of rotatable bonds is 5. The summed E-state index contributed by atoms with van der Waals surface area (Å²) in [5.41, 5.74) is -0.734. The number of carboxylic acids is 1. The van der Waals surface area contributed by atoms with E-state index >= 15 is 0 Å². The number of hydrogen-bond acceptors (Lipinski definition) is 2. The molecule has 0 spiro atoms. The minimum atomic E-state index is -1.47. The van der Waals surface area contributed by atoms with Crippen molar-refractivity contribution in [2.75, 3.05) is 5.32 Å². The van der Waals surface area contributed by atoms with Gasteiger partial charge >= 0.3 is 12.0 Å². The van der Waals surface area contributed by atoms with Crippen molar-refractivity contribution in [3.05, 3.63) is 42.2 Å². The van der Waals surface area contributed by atoms with Crippen LogP contribution in [0.3, 0.4) is 0 Å². The molecule has 0 saturated carbocycles. The molecule has 1 rings (SSSR count). The molecule has 0 heterocycles. The second kappa shape index (κ2) is 6.60. The molecule has 1 aromatic carbocycles. The van der Waals surface area contributed by atoms with Crippen molar-refractivity contribution in [1.82, 2.24) is 5.32 Å². The van der Waals surface area contributed by atoms with Crippen LogP contribution in [0.4, 0.5) is 23.7 Å². The number of anilines is 1. The second-order valence-corrected chi connectivity index (χ2v) is 3.76. The van der Waals surface area contributed by atoms with Gasteiger partial charge < -0.3 is 15.7 Å². The number of carbonyl (C=O) groups is 2. The van der Waals surface area contributed by atoms with E-state index in [2.05, 4.69) is 6.58 Å². The molecule has 20 heavy (non-hydrogen) atoms. The maximum absolute atomic E-state index is 13.3. The highest BCUT2D eigenvalue weighted by atomic mass is 19.2. The van der Waals surface area contributed by atoms with Gasteiger partial charge in [0.05, 0.1) is 5.69 Å². The predicted molar refractivity (Wildman–Crippen MR) is 64.7 cm³/mol. The average molecular weight is 288 g/mol. The highest BCUT2D eigenvalue weighted by Crippen LogP contribution is 2.18. The number of hydrogen-bond donors (Lipinski definition) is 3. The fraction of sp³-hybridized carbons (Fsp3) is 0.167.